The zero-order valence-corrected chi connectivity index (χ0v) is 28.7. The molecular formula is C35H58N2O6S. The maximum absolute atomic E-state index is 13.4. The van der Waals surface area contributed by atoms with Gasteiger partial charge in [0.15, 0.2) is 0 Å². The first-order valence-electron chi connectivity index (χ1n) is 16.5. The van der Waals surface area contributed by atoms with E-state index in [1.807, 2.05) is 20.8 Å². The zero-order valence-electron chi connectivity index (χ0n) is 27.9. The lowest BCUT2D eigenvalue weighted by molar-refractivity contribution is 0.144. The Morgan fingerprint density at radius 3 is 1.84 bits per heavy atom. The first-order chi connectivity index (χ1) is 21.0. The number of hydrogen-bond acceptors (Lipinski definition) is 7. The number of rotatable bonds is 23. The van der Waals surface area contributed by atoms with E-state index in [1.54, 1.807) is 18.2 Å². The van der Waals surface area contributed by atoms with Crippen molar-refractivity contribution >= 4 is 21.4 Å². The van der Waals surface area contributed by atoms with Crippen molar-refractivity contribution in [2.45, 2.75) is 128 Å². The molecule has 0 aliphatic rings. The van der Waals surface area contributed by atoms with Crippen LogP contribution in [-0.4, -0.2) is 40.5 Å². The molecule has 8 nitrogen and oxygen atoms in total. The molecule has 2 aromatic rings. The molecule has 9 heteroatoms. The van der Waals surface area contributed by atoms with Crippen molar-refractivity contribution < 1.29 is 27.7 Å². The summed E-state index contributed by atoms with van der Waals surface area (Å²) in [6.45, 7) is 9.34. The Kier molecular flexibility index (Phi) is 16.8. The highest BCUT2D eigenvalue weighted by molar-refractivity contribution is 7.92. The zero-order chi connectivity index (χ0) is 32.4. The summed E-state index contributed by atoms with van der Waals surface area (Å²) in [4.78, 5) is -0.127. The SMILES string of the molecule is CCCCCCCCCCCCCCCCOc1cc(NS(=O)(=O)c2cc(N)ccc2OCCOC)c(O)cc1C(C)(C)C. The van der Waals surface area contributed by atoms with Crippen LogP contribution in [0.5, 0.6) is 17.2 Å². The molecule has 0 saturated heterocycles. The molecule has 0 amide bonds. The molecule has 4 N–H and O–H groups in total. The van der Waals surface area contributed by atoms with Gasteiger partial charge in [0.25, 0.3) is 10.0 Å². The highest BCUT2D eigenvalue weighted by Crippen LogP contribution is 2.40. The van der Waals surface area contributed by atoms with Gasteiger partial charge in [-0.3, -0.25) is 4.72 Å². The third-order valence-electron chi connectivity index (χ3n) is 7.71. The summed E-state index contributed by atoms with van der Waals surface area (Å²) in [5.41, 5.74) is 6.68. The van der Waals surface area contributed by atoms with Crippen molar-refractivity contribution in [3.63, 3.8) is 0 Å². The first kappa shape index (κ1) is 37.5. The van der Waals surface area contributed by atoms with Gasteiger partial charge in [-0.1, -0.05) is 111 Å². The van der Waals surface area contributed by atoms with Crippen LogP contribution in [0.3, 0.4) is 0 Å². The number of phenols is 1. The molecular weight excluding hydrogens is 576 g/mol. The molecule has 44 heavy (non-hydrogen) atoms. The Balaban J connectivity index is 1.93. The number of ether oxygens (including phenoxy) is 3. The second-order valence-electron chi connectivity index (χ2n) is 12.7. The van der Waals surface area contributed by atoms with Gasteiger partial charge >= 0.3 is 0 Å². The topological polar surface area (TPSA) is 120 Å². The number of nitrogens with one attached hydrogen (secondary N) is 1. The van der Waals surface area contributed by atoms with Crippen LogP contribution in [0, 0.1) is 0 Å². The predicted octanol–water partition coefficient (Wildman–Crippen LogP) is 8.96. The minimum Gasteiger partial charge on any atom is -0.506 e. The molecule has 0 atom stereocenters. The minimum absolute atomic E-state index is 0.0271. The summed E-state index contributed by atoms with van der Waals surface area (Å²) in [5, 5.41) is 10.8. The van der Waals surface area contributed by atoms with Gasteiger partial charge in [0.05, 0.1) is 18.9 Å². The van der Waals surface area contributed by atoms with Crippen molar-refractivity contribution in [2.75, 3.05) is 37.4 Å². The smallest absolute Gasteiger partial charge is 0.265 e. The Morgan fingerprint density at radius 1 is 0.750 bits per heavy atom. The summed E-state index contributed by atoms with van der Waals surface area (Å²) in [7, 11) is -2.62. The lowest BCUT2D eigenvalue weighted by Gasteiger charge is -2.24. The van der Waals surface area contributed by atoms with Crippen molar-refractivity contribution in [3.05, 3.63) is 35.9 Å². The van der Waals surface area contributed by atoms with E-state index in [4.69, 9.17) is 19.9 Å². The number of nitrogens with two attached hydrogens (primary N) is 1. The highest BCUT2D eigenvalue weighted by atomic mass is 32.2. The van der Waals surface area contributed by atoms with Gasteiger partial charge in [-0.2, -0.15) is 0 Å². The molecule has 0 aliphatic heterocycles. The summed E-state index contributed by atoms with van der Waals surface area (Å²) in [5.74, 6) is 0.503. The molecule has 0 unspecified atom stereocenters. The molecule has 0 aromatic heterocycles. The van der Waals surface area contributed by atoms with Crippen LogP contribution in [0.2, 0.25) is 0 Å². The standard InChI is InChI=1S/C35H58N2O6S/c1-6-7-8-9-10-11-12-13-14-15-16-17-18-19-22-42-33-27-30(31(38)26-29(33)35(2,3)4)37-44(39,40)34-25-28(36)20-21-32(34)43-24-23-41-5/h20-21,25-27,37-38H,6-19,22-24,36H2,1-5H3. The Labute approximate surface area is 267 Å². The van der Waals surface area contributed by atoms with Gasteiger partial charge in [-0.25, -0.2) is 8.42 Å². The third-order valence-corrected chi connectivity index (χ3v) is 9.09. The summed E-state index contributed by atoms with van der Waals surface area (Å²) < 4.78 is 46.2. The Bertz CT molecular complexity index is 1210. The predicted molar refractivity (Wildman–Crippen MR) is 182 cm³/mol. The summed E-state index contributed by atoms with van der Waals surface area (Å²) >= 11 is 0. The first-order valence-corrected chi connectivity index (χ1v) is 18.0. The van der Waals surface area contributed by atoms with E-state index < -0.39 is 10.0 Å². The highest BCUT2D eigenvalue weighted by Gasteiger charge is 2.26. The second-order valence-corrected chi connectivity index (χ2v) is 14.4. The van der Waals surface area contributed by atoms with Gasteiger partial charge in [-0.05, 0) is 36.1 Å². The van der Waals surface area contributed by atoms with E-state index in [0.29, 0.717) is 19.0 Å². The molecule has 0 radical (unpaired) electrons. The van der Waals surface area contributed by atoms with Crippen LogP contribution in [-0.2, 0) is 20.2 Å². The average Bonchev–Trinajstić information content (AvgIpc) is 2.96. The fourth-order valence-corrected chi connectivity index (χ4v) is 6.37. The monoisotopic (exact) mass is 634 g/mol. The molecule has 0 bridgehead atoms. The number of aromatic hydroxyl groups is 1. The minimum atomic E-state index is -4.15. The number of unbranched alkanes of at least 4 members (excludes halogenated alkanes) is 13. The molecule has 2 aromatic carbocycles. The molecule has 0 spiro atoms. The normalized spacial score (nSPS) is 11.9. The number of phenolic OH excluding ortho intramolecular Hbond substituents is 1. The van der Waals surface area contributed by atoms with Crippen LogP contribution in [0.25, 0.3) is 0 Å². The van der Waals surface area contributed by atoms with E-state index in [1.165, 1.54) is 96.3 Å². The van der Waals surface area contributed by atoms with Crippen LogP contribution in [0.15, 0.2) is 35.2 Å². The van der Waals surface area contributed by atoms with Crippen LogP contribution < -0.4 is 19.9 Å². The largest absolute Gasteiger partial charge is 0.506 e. The molecule has 0 aliphatic carbocycles. The molecule has 0 saturated carbocycles. The van der Waals surface area contributed by atoms with E-state index in [-0.39, 0.29) is 39.8 Å². The molecule has 0 fully saturated rings. The van der Waals surface area contributed by atoms with Gasteiger partial charge < -0.3 is 25.1 Å². The Morgan fingerprint density at radius 2 is 1.30 bits per heavy atom. The summed E-state index contributed by atoms with van der Waals surface area (Å²) in [6, 6.07) is 7.55. The van der Waals surface area contributed by atoms with Gasteiger partial charge in [-0.15, -0.1) is 0 Å². The van der Waals surface area contributed by atoms with Crippen LogP contribution in [0.4, 0.5) is 11.4 Å². The fraction of sp³-hybridized carbons (Fsp3) is 0.657. The number of sulfonamides is 1. The van der Waals surface area contributed by atoms with Crippen molar-refractivity contribution in [1.29, 1.82) is 0 Å². The third kappa shape index (κ3) is 13.6. The van der Waals surface area contributed by atoms with Crippen molar-refractivity contribution in [2.24, 2.45) is 0 Å². The van der Waals surface area contributed by atoms with E-state index >= 15 is 0 Å². The van der Waals surface area contributed by atoms with Crippen LogP contribution in [0.1, 0.15) is 123 Å². The maximum Gasteiger partial charge on any atom is 0.265 e. The number of hydrogen-bond donors (Lipinski definition) is 3. The van der Waals surface area contributed by atoms with Gasteiger partial charge in [0.1, 0.15) is 28.8 Å². The number of methoxy groups -OCH3 is 1. The quantitative estimate of drug-likeness (QED) is 0.0634. The second kappa shape index (κ2) is 19.7. The Hall–Kier alpha value is -2.65. The lowest BCUT2D eigenvalue weighted by Crippen LogP contribution is -2.17. The van der Waals surface area contributed by atoms with Crippen molar-refractivity contribution in [3.8, 4) is 17.2 Å². The van der Waals surface area contributed by atoms with Gasteiger partial charge in [0.2, 0.25) is 0 Å². The van der Waals surface area contributed by atoms with E-state index in [0.717, 1.165) is 18.4 Å². The number of anilines is 2. The maximum atomic E-state index is 13.4. The van der Waals surface area contributed by atoms with Crippen LogP contribution >= 0.6 is 0 Å². The summed E-state index contributed by atoms with van der Waals surface area (Å²) in [6.07, 6.45) is 18.0. The fourth-order valence-electron chi connectivity index (χ4n) is 5.12. The van der Waals surface area contributed by atoms with Gasteiger partial charge in [0, 0.05) is 24.4 Å². The molecule has 2 rings (SSSR count). The number of nitrogen functional groups attached to an aromatic ring is 1. The van der Waals surface area contributed by atoms with E-state index in [9.17, 15) is 13.5 Å². The lowest BCUT2D eigenvalue weighted by atomic mass is 9.86. The average molecular weight is 635 g/mol. The van der Waals surface area contributed by atoms with Crippen molar-refractivity contribution in [1.82, 2.24) is 0 Å². The van der Waals surface area contributed by atoms with E-state index in [2.05, 4.69) is 11.6 Å². The molecule has 0 heterocycles. The number of benzene rings is 2. The molecule has 250 valence electrons.